The molecule has 0 radical (unpaired) electrons. The summed E-state index contributed by atoms with van der Waals surface area (Å²) in [4.78, 5) is 6.78. The quantitative estimate of drug-likeness (QED) is 0.852. The van der Waals surface area contributed by atoms with E-state index in [2.05, 4.69) is 9.88 Å². The highest BCUT2D eigenvalue weighted by atomic mass is 32.1. The van der Waals surface area contributed by atoms with Crippen molar-refractivity contribution in [3.63, 3.8) is 0 Å². The largest absolute Gasteiger partial charge is 0.378 e. The summed E-state index contributed by atoms with van der Waals surface area (Å²) in [6, 6.07) is 2.79. The summed E-state index contributed by atoms with van der Waals surface area (Å²) in [5.74, 6) is -1.69. The normalized spacial score (nSPS) is 15.6. The van der Waals surface area contributed by atoms with E-state index < -0.39 is 11.6 Å². The van der Waals surface area contributed by atoms with E-state index >= 15 is 0 Å². The zero-order valence-corrected chi connectivity index (χ0v) is 13.4. The van der Waals surface area contributed by atoms with Gasteiger partial charge in [0.05, 0.1) is 18.9 Å². The minimum atomic E-state index is -0.809. The summed E-state index contributed by atoms with van der Waals surface area (Å²) >= 11 is 1.52. The number of hydrogen-bond donors (Lipinski definition) is 0. The van der Waals surface area contributed by atoms with E-state index in [-0.39, 0.29) is 5.92 Å². The molecule has 0 atom stereocenters. The SMILES string of the molecule is CC(C)c1c(-c2csc(N3CCOCC3)n2)ccc(F)c1F. The first-order valence-electron chi connectivity index (χ1n) is 7.34. The first-order chi connectivity index (χ1) is 10.6. The van der Waals surface area contributed by atoms with Crippen molar-refractivity contribution in [2.24, 2.45) is 0 Å². The van der Waals surface area contributed by atoms with Gasteiger partial charge in [-0.15, -0.1) is 11.3 Å². The third-order valence-corrected chi connectivity index (χ3v) is 4.66. The maximum Gasteiger partial charge on any atom is 0.186 e. The first-order valence-corrected chi connectivity index (χ1v) is 8.22. The molecule has 0 aliphatic carbocycles. The molecule has 1 aromatic heterocycles. The number of benzene rings is 1. The lowest BCUT2D eigenvalue weighted by Gasteiger charge is -2.26. The fourth-order valence-corrected chi connectivity index (χ4v) is 3.52. The number of aromatic nitrogens is 1. The van der Waals surface area contributed by atoms with E-state index in [1.807, 2.05) is 19.2 Å². The third-order valence-electron chi connectivity index (χ3n) is 3.76. The lowest BCUT2D eigenvalue weighted by Crippen LogP contribution is -2.36. The van der Waals surface area contributed by atoms with Crippen LogP contribution in [-0.2, 0) is 4.74 Å². The molecule has 118 valence electrons. The highest BCUT2D eigenvalue weighted by Gasteiger charge is 2.21. The van der Waals surface area contributed by atoms with Crippen LogP contribution >= 0.6 is 11.3 Å². The van der Waals surface area contributed by atoms with Crippen LogP contribution in [-0.4, -0.2) is 31.3 Å². The molecule has 0 unspecified atom stereocenters. The fourth-order valence-electron chi connectivity index (χ4n) is 2.64. The second-order valence-corrected chi connectivity index (χ2v) is 6.43. The lowest BCUT2D eigenvalue weighted by molar-refractivity contribution is 0.122. The van der Waals surface area contributed by atoms with Gasteiger partial charge in [0.2, 0.25) is 0 Å². The summed E-state index contributed by atoms with van der Waals surface area (Å²) in [6.45, 7) is 6.71. The Hall–Kier alpha value is -1.53. The maximum atomic E-state index is 14.1. The molecule has 1 fully saturated rings. The smallest absolute Gasteiger partial charge is 0.186 e. The molecule has 0 amide bonds. The van der Waals surface area contributed by atoms with Gasteiger partial charge in [0.25, 0.3) is 0 Å². The van der Waals surface area contributed by atoms with Gasteiger partial charge in [-0.25, -0.2) is 13.8 Å². The number of morpholine rings is 1. The number of thiazole rings is 1. The van der Waals surface area contributed by atoms with Gasteiger partial charge in [0.15, 0.2) is 16.8 Å². The Kier molecular flexibility index (Phi) is 4.40. The van der Waals surface area contributed by atoms with Crippen molar-refractivity contribution < 1.29 is 13.5 Å². The molecule has 0 spiro atoms. The van der Waals surface area contributed by atoms with Crippen LogP contribution in [0.3, 0.4) is 0 Å². The molecule has 22 heavy (non-hydrogen) atoms. The van der Waals surface area contributed by atoms with Crippen molar-refractivity contribution in [1.82, 2.24) is 4.98 Å². The van der Waals surface area contributed by atoms with Crippen LogP contribution in [0.4, 0.5) is 13.9 Å². The summed E-state index contributed by atoms with van der Waals surface area (Å²) < 4.78 is 33.0. The molecule has 3 rings (SSSR count). The van der Waals surface area contributed by atoms with Crippen LogP contribution in [0.15, 0.2) is 17.5 Å². The van der Waals surface area contributed by atoms with Crippen molar-refractivity contribution >= 4 is 16.5 Å². The highest BCUT2D eigenvalue weighted by Crippen LogP contribution is 2.35. The predicted molar refractivity (Wildman–Crippen MR) is 84.6 cm³/mol. The Morgan fingerprint density at radius 3 is 2.64 bits per heavy atom. The Bertz CT molecular complexity index is 666. The molecule has 0 saturated carbocycles. The van der Waals surface area contributed by atoms with Crippen LogP contribution in [0, 0.1) is 11.6 Å². The number of ether oxygens (including phenoxy) is 1. The highest BCUT2D eigenvalue weighted by molar-refractivity contribution is 7.14. The molecule has 1 aromatic carbocycles. The van der Waals surface area contributed by atoms with Crippen molar-refractivity contribution in [1.29, 1.82) is 0 Å². The van der Waals surface area contributed by atoms with Crippen molar-refractivity contribution in [2.75, 3.05) is 31.2 Å². The summed E-state index contributed by atoms with van der Waals surface area (Å²) in [6.07, 6.45) is 0. The van der Waals surface area contributed by atoms with Gasteiger partial charge in [-0.05, 0) is 18.1 Å². The van der Waals surface area contributed by atoms with E-state index in [1.54, 1.807) is 6.07 Å². The Morgan fingerprint density at radius 1 is 1.23 bits per heavy atom. The van der Waals surface area contributed by atoms with E-state index in [0.29, 0.717) is 30.0 Å². The van der Waals surface area contributed by atoms with Crippen LogP contribution in [0.25, 0.3) is 11.3 Å². The minimum absolute atomic E-state index is 0.112. The molecule has 1 aliphatic heterocycles. The van der Waals surface area contributed by atoms with Crippen LogP contribution in [0.2, 0.25) is 0 Å². The third kappa shape index (κ3) is 2.85. The van der Waals surface area contributed by atoms with Gasteiger partial charge in [0.1, 0.15) is 0 Å². The van der Waals surface area contributed by atoms with Crippen LogP contribution < -0.4 is 4.90 Å². The van der Waals surface area contributed by atoms with Gasteiger partial charge < -0.3 is 9.64 Å². The molecule has 0 N–H and O–H groups in total. The number of anilines is 1. The molecular formula is C16H18F2N2OS. The van der Waals surface area contributed by atoms with E-state index in [9.17, 15) is 8.78 Å². The standard InChI is InChI=1S/C16H18F2N2OS/c1-10(2)14-11(3-4-12(17)15(14)18)13-9-22-16(19-13)20-5-7-21-8-6-20/h3-4,9-10H,5-8H2,1-2H3. The Morgan fingerprint density at radius 2 is 1.95 bits per heavy atom. The summed E-state index contributed by atoms with van der Waals surface area (Å²) in [5.41, 5.74) is 1.76. The molecule has 3 nitrogen and oxygen atoms in total. The van der Waals surface area contributed by atoms with Gasteiger partial charge >= 0.3 is 0 Å². The molecule has 2 heterocycles. The fraction of sp³-hybridized carbons (Fsp3) is 0.438. The average Bonchev–Trinajstić information content (AvgIpc) is 3.00. The summed E-state index contributed by atoms with van der Waals surface area (Å²) in [7, 11) is 0. The molecule has 1 aliphatic rings. The second-order valence-electron chi connectivity index (χ2n) is 5.59. The van der Waals surface area contributed by atoms with Gasteiger partial charge in [0, 0.05) is 29.6 Å². The average molecular weight is 324 g/mol. The topological polar surface area (TPSA) is 25.4 Å². The van der Waals surface area contributed by atoms with Gasteiger partial charge in [-0.1, -0.05) is 13.8 Å². The lowest BCUT2D eigenvalue weighted by atomic mass is 9.95. The van der Waals surface area contributed by atoms with Crippen molar-refractivity contribution in [2.45, 2.75) is 19.8 Å². The van der Waals surface area contributed by atoms with Gasteiger partial charge in [-0.2, -0.15) is 0 Å². The van der Waals surface area contributed by atoms with Crippen molar-refractivity contribution in [3.05, 3.63) is 34.7 Å². The van der Waals surface area contributed by atoms with E-state index in [1.165, 1.54) is 17.4 Å². The van der Waals surface area contributed by atoms with Crippen molar-refractivity contribution in [3.8, 4) is 11.3 Å². The second kappa shape index (κ2) is 6.30. The van der Waals surface area contributed by atoms with E-state index in [4.69, 9.17) is 4.74 Å². The minimum Gasteiger partial charge on any atom is -0.378 e. The molecule has 1 saturated heterocycles. The van der Waals surface area contributed by atoms with Crippen LogP contribution in [0.5, 0.6) is 0 Å². The maximum absolute atomic E-state index is 14.1. The monoisotopic (exact) mass is 324 g/mol. The number of halogens is 2. The molecule has 6 heteroatoms. The number of nitrogens with zero attached hydrogens (tertiary/aromatic N) is 2. The first kappa shape index (κ1) is 15.4. The van der Waals surface area contributed by atoms with Gasteiger partial charge in [-0.3, -0.25) is 0 Å². The molecule has 2 aromatic rings. The Balaban J connectivity index is 1.98. The Labute approximate surface area is 132 Å². The molecular weight excluding hydrogens is 306 g/mol. The summed E-state index contributed by atoms with van der Waals surface area (Å²) in [5, 5.41) is 2.81. The van der Waals surface area contributed by atoms with E-state index in [0.717, 1.165) is 18.2 Å². The zero-order chi connectivity index (χ0) is 15.7. The van der Waals surface area contributed by atoms with Crippen LogP contribution in [0.1, 0.15) is 25.3 Å². The zero-order valence-electron chi connectivity index (χ0n) is 12.6. The molecule has 0 bridgehead atoms. The predicted octanol–water partition coefficient (Wildman–Crippen LogP) is 4.05. The number of rotatable bonds is 3. The number of hydrogen-bond acceptors (Lipinski definition) is 4.